The van der Waals surface area contributed by atoms with Crippen LogP contribution in [0.25, 0.3) is 6.08 Å². The summed E-state index contributed by atoms with van der Waals surface area (Å²) in [5.41, 5.74) is 7.14. The molecule has 0 radical (unpaired) electrons. The second-order valence-electron chi connectivity index (χ2n) is 5.37. The lowest BCUT2D eigenvalue weighted by molar-refractivity contribution is 0.727. The largest absolute Gasteiger partial charge is 0.0985 e. The van der Waals surface area contributed by atoms with Crippen molar-refractivity contribution in [2.24, 2.45) is 0 Å². The third kappa shape index (κ3) is 3.83. The molecule has 19 heavy (non-hydrogen) atoms. The number of rotatable bonds is 6. The van der Waals surface area contributed by atoms with Crippen molar-refractivity contribution in [2.45, 2.75) is 59.8 Å². The maximum Gasteiger partial charge on any atom is -0.0147 e. The lowest BCUT2D eigenvalue weighted by Crippen LogP contribution is -2.01. The molecular weight excluding hydrogens is 228 g/mol. The first-order valence-electron chi connectivity index (χ1n) is 7.47. The molecule has 0 bridgehead atoms. The van der Waals surface area contributed by atoms with Crippen molar-refractivity contribution in [1.29, 1.82) is 0 Å². The van der Waals surface area contributed by atoms with E-state index in [2.05, 4.69) is 59.4 Å². The number of hydrogen-bond donors (Lipinski definition) is 0. The van der Waals surface area contributed by atoms with Gasteiger partial charge in [0.2, 0.25) is 0 Å². The Balaban J connectivity index is 3.13. The maximum absolute atomic E-state index is 3.98. The molecule has 0 unspecified atom stereocenters. The number of allylic oxidation sites excluding steroid dienone is 2. The summed E-state index contributed by atoms with van der Waals surface area (Å²) >= 11 is 0. The lowest BCUT2D eigenvalue weighted by atomic mass is 9.86. The highest BCUT2D eigenvalue weighted by molar-refractivity contribution is 5.56. The Kier molecular flexibility index (Phi) is 6.08. The van der Waals surface area contributed by atoms with E-state index in [1.54, 1.807) is 5.57 Å². The second kappa shape index (κ2) is 7.33. The minimum Gasteiger partial charge on any atom is -0.0985 e. The Labute approximate surface area is 119 Å². The van der Waals surface area contributed by atoms with Crippen LogP contribution in [-0.2, 0) is 6.42 Å². The van der Waals surface area contributed by atoms with Gasteiger partial charge in [0.1, 0.15) is 0 Å². The highest BCUT2D eigenvalue weighted by Gasteiger charge is 2.12. The normalized spacial score (nSPS) is 13.4. The Morgan fingerprint density at radius 3 is 2.47 bits per heavy atom. The molecule has 0 heteroatoms. The Morgan fingerprint density at radius 1 is 1.32 bits per heavy atom. The molecule has 1 atom stereocenters. The molecule has 0 nitrogen and oxygen atoms in total. The molecule has 0 heterocycles. The highest BCUT2D eigenvalue weighted by Crippen LogP contribution is 2.30. The average Bonchev–Trinajstić information content (AvgIpc) is 2.43. The van der Waals surface area contributed by atoms with E-state index >= 15 is 0 Å². The van der Waals surface area contributed by atoms with E-state index in [4.69, 9.17) is 0 Å². The number of benzene rings is 1. The van der Waals surface area contributed by atoms with Crippen molar-refractivity contribution in [1.82, 2.24) is 0 Å². The van der Waals surface area contributed by atoms with Crippen LogP contribution in [0.3, 0.4) is 0 Å². The summed E-state index contributed by atoms with van der Waals surface area (Å²) in [5.74, 6) is 0.560. The zero-order valence-electron chi connectivity index (χ0n) is 13.2. The fourth-order valence-corrected chi connectivity index (χ4v) is 2.75. The SMILES string of the molecule is C=Cc1cc(C)c(CC)cc1[C@H](C)C/C(=C/C)CC. The van der Waals surface area contributed by atoms with Gasteiger partial charge in [-0.05, 0) is 61.3 Å². The van der Waals surface area contributed by atoms with Crippen LogP contribution in [0.4, 0.5) is 0 Å². The summed E-state index contributed by atoms with van der Waals surface area (Å²) in [6.45, 7) is 15.1. The topological polar surface area (TPSA) is 0 Å². The molecule has 0 aliphatic heterocycles. The van der Waals surface area contributed by atoms with E-state index in [9.17, 15) is 0 Å². The fraction of sp³-hybridized carbons (Fsp3) is 0.474. The third-order valence-electron chi connectivity index (χ3n) is 4.10. The van der Waals surface area contributed by atoms with Crippen LogP contribution < -0.4 is 0 Å². The smallest absolute Gasteiger partial charge is 0.0147 e. The van der Waals surface area contributed by atoms with Crippen LogP contribution in [0.1, 0.15) is 68.7 Å². The summed E-state index contributed by atoms with van der Waals surface area (Å²) in [5, 5.41) is 0. The van der Waals surface area contributed by atoms with Gasteiger partial charge in [0.25, 0.3) is 0 Å². The molecular formula is C19H28. The standard InChI is InChI=1S/C19H28/c1-7-16(8-2)11-15(6)19-13-17(9-3)14(5)12-18(19)10-4/h7,10,12-13,15H,4,8-9,11H2,1-3,5-6H3/b16-7+/t15-/m1/s1. The summed E-state index contributed by atoms with van der Waals surface area (Å²) in [7, 11) is 0. The molecule has 0 amide bonds. The minimum absolute atomic E-state index is 0.560. The zero-order valence-corrected chi connectivity index (χ0v) is 13.2. The van der Waals surface area contributed by atoms with Gasteiger partial charge in [-0.1, -0.05) is 57.2 Å². The van der Waals surface area contributed by atoms with E-state index in [1.807, 2.05) is 6.08 Å². The van der Waals surface area contributed by atoms with Gasteiger partial charge in [-0.3, -0.25) is 0 Å². The predicted octanol–water partition coefficient (Wildman–Crippen LogP) is 6.05. The first-order chi connectivity index (χ1) is 9.07. The van der Waals surface area contributed by atoms with Crippen LogP contribution in [0.5, 0.6) is 0 Å². The van der Waals surface area contributed by atoms with Gasteiger partial charge in [0.05, 0.1) is 0 Å². The van der Waals surface area contributed by atoms with Crippen molar-refractivity contribution >= 4 is 6.08 Å². The molecule has 0 aromatic heterocycles. The van der Waals surface area contributed by atoms with Crippen LogP contribution in [0, 0.1) is 6.92 Å². The average molecular weight is 256 g/mol. The molecule has 0 aliphatic carbocycles. The molecule has 0 spiro atoms. The van der Waals surface area contributed by atoms with Gasteiger partial charge in [-0.15, -0.1) is 0 Å². The first kappa shape index (κ1) is 15.8. The summed E-state index contributed by atoms with van der Waals surface area (Å²) < 4.78 is 0. The van der Waals surface area contributed by atoms with Gasteiger partial charge in [-0.2, -0.15) is 0 Å². The van der Waals surface area contributed by atoms with E-state index < -0.39 is 0 Å². The predicted molar refractivity (Wildman–Crippen MR) is 87.7 cm³/mol. The highest BCUT2D eigenvalue weighted by atomic mass is 14.2. The van der Waals surface area contributed by atoms with Gasteiger partial charge < -0.3 is 0 Å². The Morgan fingerprint density at radius 2 is 2.00 bits per heavy atom. The molecule has 0 N–H and O–H groups in total. The van der Waals surface area contributed by atoms with Crippen LogP contribution in [-0.4, -0.2) is 0 Å². The van der Waals surface area contributed by atoms with E-state index in [1.165, 1.54) is 22.3 Å². The van der Waals surface area contributed by atoms with E-state index in [-0.39, 0.29) is 0 Å². The summed E-state index contributed by atoms with van der Waals surface area (Å²) in [6.07, 6.45) is 7.67. The minimum atomic E-state index is 0.560. The van der Waals surface area contributed by atoms with E-state index in [0.29, 0.717) is 5.92 Å². The maximum atomic E-state index is 3.98. The van der Waals surface area contributed by atoms with Gasteiger partial charge in [-0.25, -0.2) is 0 Å². The third-order valence-corrected chi connectivity index (χ3v) is 4.10. The molecule has 1 aromatic carbocycles. The Bertz CT molecular complexity index is 463. The van der Waals surface area contributed by atoms with Gasteiger partial charge in [0, 0.05) is 0 Å². The van der Waals surface area contributed by atoms with Gasteiger partial charge >= 0.3 is 0 Å². The number of aryl methyl sites for hydroxylation is 2. The molecule has 1 aromatic rings. The van der Waals surface area contributed by atoms with Gasteiger partial charge in [0.15, 0.2) is 0 Å². The lowest BCUT2D eigenvalue weighted by Gasteiger charge is -2.19. The summed E-state index contributed by atoms with van der Waals surface area (Å²) in [6, 6.07) is 4.68. The molecule has 0 aliphatic rings. The number of hydrogen-bond acceptors (Lipinski definition) is 0. The first-order valence-corrected chi connectivity index (χ1v) is 7.47. The van der Waals surface area contributed by atoms with E-state index in [0.717, 1.165) is 19.3 Å². The van der Waals surface area contributed by atoms with Crippen LogP contribution in [0.15, 0.2) is 30.4 Å². The summed E-state index contributed by atoms with van der Waals surface area (Å²) in [4.78, 5) is 0. The van der Waals surface area contributed by atoms with Crippen molar-refractivity contribution in [3.63, 3.8) is 0 Å². The molecule has 1 rings (SSSR count). The van der Waals surface area contributed by atoms with Crippen LogP contribution in [0.2, 0.25) is 0 Å². The molecule has 0 saturated heterocycles. The quantitative estimate of drug-likeness (QED) is 0.543. The van der Waals surface area contributed by atoms with Crippen molar-refractivity contribution in [3.05, 3.63) is 52.6 Å². The van der Waals surface area contributed by atoms with Crippen molar-refractivity contribution < 1.29 is 0 Å². The zero-order chi connectivity index (χ0) is 14.4. The second-order valence-corrected chi connectivity index (χ2v) is 5.37. The fourth-order valence-electron chi connectivity index (χ4n) is 2.75. The monoisotopic (exact) mass is 256 g/mol. The van der Waals surface area contributed by atoms with Crippen molar-refractivity contribution in [2.75, 3.05) is 0 Å². The van der Waals surface area contributed by atoms with Crippen LogP contribution >= 0.6 is 0 Å². The molecule has 0 saturated carbocycles. The molecule has 0 fully saturated rings. The van der Waals surface area contributed by atoms with Crippen molar-refractivity contribution in [3.8, 4) is 0 Å². The Hall–Kier alpha value is -1.30. The molecule has 104 valence electrons.